The average molecular weight is 831 g/mol. The molecule has 8 heteroatoms. The van der Waals surface area contributed by atoms with Crippen molar-refractivity contribution in [2.75, 3.05) is 10.6 Å². The fraction of sp³-hybridized carbons (Fsp3) is 0.418. The normalized spacial score (nSPS) is 28.6. The molecule has 63 heavy (non-hydrogen) atoms. The molecule has 6 unspecified atom stereocenters. The first-order valence-electron chi connectivity index (χ1n) is 23.1. The van der Waals surface area contributed by atoms with Gasteiger partial charge < -0.3 is 10.6 Å². The molecule has 318 valence electrons. The van der Waals surface area contributed by atoms with Crippen molar-refractivity contribution in [1.29, 1.82) is 0 Å². The van der Waals surface area contributed by atoms with E-state index in [0.29, 0.717) is 35.5 Å². The standard InChI is InChI=1S/C55H58N8/c1-52(2,3)42-30-17-18-31(56-30)43(53(4,5)6)33-20-22-35(58-33)45(55(10,11)12)49-51-50(48(63-49)44(54(7,8)9)34-21-19-32(42)57-34)61-38-24-36-37(25-39(38)62-51)60-47-29-16-15-28(46(47)59-36)40-26-13-14-27(23-26)41(29)40/h13-22,24-29,40-41,59-60H,23H2,1-12H3. The van der Waals surface area contributed by atoms with Crippen molar-refractivity contribution in [2.45, 2.75) is 89.5 Å². The van der Waals surface area contributed by atoms with Gasteiger partial charge in [-0.15, -0.1) is 0 Å². The first kappa shape index (κ1) is 38.9. The fourth-order valence-electron chi connectivity index (χ4n) is 12.6. The topological polar surface area (TPSA) is 99.3 Å². The third-order valence-corrected chi connectivity index (χ3v) is 14.8. The molecule has 8 nitrogen and oxygen atoms in total. The summed E-state index contributed by atoms with van der Waals surface area (Å²) in [5, 5.41) is 7.95. The largest absolute Gasteiger partial charge is 0.355 e. The molecule has 0 radical (unpaired) electrons. The number of aliphatic imine (C=N–C) groups is 4. The van der Waals surface area contributed by atoms with Gasteiger partial charge in [-0.25, -0.2) is 29.9 Å². The minimum Gasteiger partial charge on any atom is -0.355 e. The molecule has 1 fully saturated rings. The van der Waals surface area contributed by atoms with Crippen LogP contribution in [0.2, 0.25) is 0 Å². The van der Waals surface area contributed by atoms with E-state index in [0.717, 1.165) is 102 Å². The van der Waals surface area contributed by atoms with E-state index in [1.165, 1.54) is 17.8 Å². The number of anilines is 2. The molecular formula is C55H58N8. The van der Waals surface area contributed by atoms with Crippen molar-refractivity contribution in [3.05, 3.63) is 135 Å². The van der Waals surface area contributed by atoms with Crippen LogP contribution in [0.5, 0.6) is 0 Å². The smallest absolute Gasteiger partial charge is 0.118 e. The van der Waals surface area contributed by atoms with Crippen LogP contribution in [0.3, 0.4) is 0 Å². The third kappa shape index (κ3) is 5.64. The van der Waals surface area contributed by atoms with Gasteiger partial charge in [0, 0.05) is 45.5 Å². The molecule has 0 amide bonds. The lowest BCUT2D eigenvalue weighted by molar-refractivity contribution is 0.189. The van der Waals surface area contributed by atoms with Gasteiger partial charge in [0.2, 0.25) is 0 Å². The summed E-state index contributed by atoms with van der Waals surface area (Å²) in [6, 6.07) is 4.41. The molecule has 5 aliphatic carbocycles. The molecule has 1 aromatic heterocycles. The molecule has 2 N–H and O–H groups in total. The maximum Gasteiger partial charge on any atom is 0.118 e. The van der Waals surface area contributed by atoms with E-state index in [4.69, 9.17) is 29.9 Å². The Kier molecular flexibility index (Phi) is 7.71. The number of fused-ring (bicyclic) bond motifs is 11. The minimum absolute atomic E-state index is 0.237. The van der Waals surface area contributed by atoms with Gasteiger partial charge >= 0.3 is 0 Å². The van der Waals surface area contributed by atoms with Gasteiger partial charge in [0.15, 0.2) is 0 Å². The Labute approximate surface area is 371 Å². The molecule has 1 aromatic carbocycles. The SMILES string of the molecule is CC(C)(C)C1=C2C=CC(=N2)C(C(C)(C)C)=C2C=CC(=N2)C(C(C)(C)C)=C2N=C(C(C(C)(C)C)=C3C=CC1=N3)c1nc3cc4c(cc3nc12)NC1=C(N4)C2C=CC1C1C3C=CC(C3)C21. The van der Waals surface area contributed by atoms with Gasteiger partial charge in [-0.3, -0.25) is 0 Å². The Hall–Kier alpha value is -5.76. The summed E-state index contributed by atoms with van der Waals surface area (Å²) >= 11 is 0. The molecule has 7 heterocycles. The number of hydrogen-bond donors (Lipinski definition) is 2. The monoisotopic (exact) mass is 830 g/mol. The zero-order valence-corrected chi connectivity index (χ0v) is 38.8. The Balaban J connectivity index is 1.10. The maximum absolute atomic E-state index is 5.73. The van der Waals surface area contributed by atoms with E-state index >= 15 is 0 Å². The first-order chi connectivity index (χ1) is 29.7. The number of rotatable bonds is 0. The molecule has 12 bridgehead atoms. The van der Waals surface area contributed by atoms with Crippen LogP contribution in [0.15, 0.2) is 144 Å². The van der Waals surface area contributed by atoms with Gasteiger partial charge in [-0.1, -0.05) is 107 Å². The molecule has 6 atom stereocenters. The average Bonchev–Trinajstić information content (AvgIpc) is 4.06. The molecular weight excluding hydrogens is 773 g/mol. The molecule has 2 aromatic rings. The second-order valence-electron chi connectivity index (χ2n) is 23.4. The summed E-state index contributed by atoms with van der Waals surface area (Å²) in [4.78, 5) is 33.4. The number of hydrogen-bond acceptors (Lipinski definition) is 8. The molecule has 11 aliphatic rings. The molecule has 1 saturated carbocycles. The van der Waals surface area contributed by atoms with Crippen molar-refractivity contribution in [2.24, 2.45) is 77.1 Å². The van der Waals surface area contributed by atoms with E-state index in [-0.39, 0.29) is 21.7 Å². The zero-order valence-electron chi connectivity index (χ0n) is 38.8. The quantitative estimate of drug-likeness (QED) is 0.258. The number of allylic oxidation sites excluding steroid dienone is 14. The van der Waals surface area contributed by atoms with E-state index in [1.807, 2.05) is 0 Å². The summed E-state index contributed by atoms with van der Waals surface area (Å²) in [5.41, 5.74) is 18.3. The Morgan fingerprint density at radius 3 is 1.32 bits per heavy atom. The van der Waals surface area contributed by atoms with Crippen molar-refractivity contribution in [3.63, 3.8) is 0 Å². The lowest BCUT2D eigenvalue weighted by Gasteiger charge is -2.50. The summed E-state index contributed by atoms with van der Waals surface area (Å²) in [6.45, 7) is 27.1. The maximum atomic E-state index is 5.73. The molecule has 0 saturated heterocycles. The second kappa shape index (κ2) is 12.5. The predicted octanol–water partition coefficient (Wildman–Crippen LogP) is 12.4. The van der Waals surface area contributed by atoms with Crippen LogP contribution >= 0.6 is 0 Å². The van der Waals surface area contributed by atoms with E-state index in [9.17, 15) is 0 Å². The fourth-order valence-corrected chi connectivity index (χ4v) is 12.6. The van der Waals surface area contributed by atoms with Crippen LogP contribution in [0.4, 0.5) is 11.4 Å². The number of aromatic nitrogens is 2. The highest BCUT2D eigenvalue weighted by Crippen LogP contribution is 2.63. The highest BCUT2D eigenvalue weighted by Gasteiger charge is 2.57. The van der Waals surface area contributed by atoms with Crippen molar-refractivity contribution < 1.29 is 0 Å². The van der Waals surface area contributed by atoms with E-state index < -0.39 is 0 Å². The molecule has 0 spiro atoms. The van der Waals surface area contributed by atoms with Crippen LogP contribution in [-0.4, -0.2) is 32.8 Å². The lowest BCUT2D eigenvalue weighted by atomic mass is 9.59. The number of nitrogens with zero attached hydrogens (tertiary/aromatic N) is 6. The van der Waals surface area contributed by atoms with E-state index in [2.05, 4.69) is 167 Å². The Bertz CT molecular complexity index is 3020. The Morgan fingerprint density at radius 2 is 0.873 bits per heavy atom. The molecule has 6 aliphatic heterocycles. The highest BCUT2D eigenvalue weighted by atomic mass is 15.1. The summed E-state index contributed by atoms with van der Waals surface area (Å²) < 4.78 is 0. The predicted molar refractivity (Wildman–Crippen MR) is 260 cm³/mol. The number of nitrogens with one attached hydrogen (secondary N) is 2. The van der Waals surface area contributed by atoms with Crippen molar-refractivity contribution in [3.8, 4) is 0 Å². The van der Waals surface area contributed by atoms with Crippen LogP contribution < -0.4 is 10.6 Å². The Morgan fingerprint density at radius 1 is 0.460 bits per heavy atom. The van der Waals surface area contributed by atoms with Crippen LogP contribution in [0, 0.1) is 57.2 Å². The van der Waals surface area contributed by atoms with Crippen LogP contribution in [-0.2, 0) is 0 Å². The first-order valence-corrected chi connectivity index (χ1v) is 23.1. The summed E-state index contributed by atoms with van der Waals surface area (Å²) in [5.74, 6) is 3.49. The van der Waals surface area contributed by atoms with E-state index in [1.54, 1.807) is 0 Å². The zero-order chi connectivity index (χ0) is 43.9. The highest BCUT2D eigenvalue weighted by molar-refractivity contribution is 6.25. The van der Waals surface area contributed by atoms with Crippen molar-refractivity contribution in [1.82, 2.24) is 9.97 Å². The van der Waals surface area contributed by atoms with Crippen molar-refractivity contribution >= 4 is 51.0 Å². The van der Waals surface area contributed by atoms with Crippen LogP contribution in [0.1, 0.15) is 101 Å². The third-order valence-electron chi connectivity index (χ3n) is 14.8. The molecule has 13 rings (SSSR count). The van der Waals surface area contributed by atoms with Gasteiger partial charge in [0.1, 0.15) is 11.4 Å². The lowest BCUT2D eigenvalue weighted by Crippen LogP contribution is -2.45. The summed E-state index contributed by atoms with van der Waals surface area (Å²) in [7, 11) is 0. The van der Waals surface area contributed by atoms with Gasteiger partial charge in [-0.05, 0) is 100 Å². The number of benzene rings is 1. The minimum atomic E-state index is -0.352. The van der Waals surface area contributed by atoms with Gasteiger partial charge in [0.25, 0.3) is 0 Å². The van der Waals surface area contributed by atoms with Gasteiger partial charge in [0.05, 0.1) is 68.0 Å². The second-order valence-corrected chi connectivity index (χ2v) is 23.4. The van der Waals surface area contributed by atoms with Crippen LogP contribution in [0.25, 0.3) is 16.7 Å². The van der Waals surface area contributed by atoms with Gasteiger partial charge in [-0.2, -0.15) is 0 Å². The summed E-state index contributed by atoms with van der Waals surface area (Å²) in [6.07, 6.45) is 24.3.